The van der Waals surface area contributed by atoms with Gasteiger partial charge in [-0.2, -0.15) is 13.2 Å². The maximum absolute atomic E-state index is 13.2. The summed E-state index contributed by atoms with van der Waals surface area (Å²) in [6.45, 7) is 1.84. The number of amides is 1. The maximum atomic E-state index is 13.2. The molecular weight excluding hydrogens is 276 g/mol. The van der Waals surface area contributed by atoms with Crippen LogP contribution in [0, 0.1) is 5.82 Å². The lowest BCUT2D eigenvalue weighted by molar-refractivity contribution is -0.138. The number of likely N-dealkylation sites (N-methyl/N-ethyl adjacent to an activating group) is 1. The summed E-state index contributed by atoms with van der Waals surface area (Å²) in [5, 5.41) is 0. The van der Waals surface area contributed by atoms with Crippen molar-refractivity contribution in [1.82, 2.24) is 9.80 Å². The number of nitrogens with zero attached hydrogens (tertiary/aromatic N) is 2. The molecule has 110 valence electrons. The second kappa shape index (κ2) is 5.40. The zero-order chi connectivity index (χ0) is 14.9. The molecule has 0 atom stereocenters. The molecule has 1 saturated heterocycles. The van der Waals surface area contributed by atoms with Crippen molar-refractivity contribution >= 4 is 5.91 Å². The van der Waals surface area contributed by atoms with E-state index in [1.165, 1.54) is 4.90 Å². The Morgan fingerprint density at radius 2 is 1.75 bits per heavy atom. The van der Waals surface area contributed by atoms with E-state index in [0.29, 0.717) is 44.4 Å². The minimum absolute atomic E-state index is 0.336. The van der Waals surface area contributed by atoms with E-state index >= 15 is 0 Å². The summed E-state index contributed by atoms with van der Waals surface area (Å²) < 4.78 is 51.8. The fourth-order valence-electron chi connectivity index (χ4n) is 2.12. The zero-order valence-electron chi connectivity index (χ0n) is 10.9. The number of hydrogen-bond acceptors (Lipinski definition) is 2. The van der Waals surface area contributed by atoms with Crippen LogP contribution in [-0.2, 0) is 6.18 Å². The molecule has 1 amide bonds. The largest absolute Gasteiger partial charge is 0.417 e. The Bertz CT molecular complexity index is 508. The smallest absolute Gasteiger partial charge is 0.336 e. The highest BCUT2D eigenvalue weighted by atomic mass is 19.4. The van der Waals surface area contributed by atoms with Gasteiger partial charge in [-0.3, -0.25) is 4.79 Å². The van der Waals surface area contributed by atoms with Gasteiger partial charge in [0.05, 0.1) is 11.1 Å². The molecule has 0 aliphatic carbocycles. The molecule has 0 N–H and O–H groups in total. The van der Waals surface area contributed by atoms with E-state index < -0.39 is 29.0 Å². The van der Waals surface area contributed by atoms with Gasteiger partial charge < -0.3 is 9.80 Å². The van der Waals surface area contributed by atoms with Crippen molar-refractivity contribution in [3.8, 4) is 0 Å². The molecule has 1 aliphatic rings. The van der Waals surface area contributed by atoms with E-state index in [2.05, 4.69) is 0 Å². The van der Waals surface area contributed by atoms with Gasteiger partial charge in [0.25, 0.3) is 5.91 Å². The lowest BCUT2D eigenvalue weighted by Crippen LogP contribution is -2.47. The first kappa shape index (κ1) is 14.8. The van der Waals surface area contributed by atoms with Gasteiger partial charge in [-0.05, 0) is 25.2 Å². The minimum atomic E-state index is -4.68. The molecule has 0 saturated carbocycles. The normalized spacial score (nSPS) is 17.4. The van der Waals surface area contributed by atoms with E-state index in [1.54, 1.807) is 0 Å². The van der Waals surface area contributed by atoms with Crippen molar-refractivity contribution < 1.29 is 22.4 Å². The van der Waals surface area contributed by atoms with Crippen LogP contribution in [0.4, 0.5) is 17.6 Å². The molecule has 1 aliphatic heterocycles. The summed E-state index contributed by atoms with van der Waals surface area (Å²) in [7, 11) is 1.87. The minimum Gasteiger partial charge on any atom is -0.336 e. The molecule has 3 nitrogen and oxygen atoms in total. The Kier molecular flexibility index (Phi) is 3.99. The fraction of sp³-hybridized carbons (Fsp3) is 0.462. The van der Waals surface area contributed by atoms with E-state index in [4.69, 9.17) is 0 Å². The van der Waals surface area contributed by atoms with Crippen LogP contribution in [-0.4, -0.2) is 48.9 Å². The highest BCUT2D eigenvalue weighted by Crippen LogP contribution is 2.33. The third kappa shape index (κ3) is 3.09. The molecule has 7 heteroatoms. The number of benzene rings is 1. The molecule has 0 aromatic heterocycles. The predicted molar refractivity (Wildman–Crippen MR) is 64.8 cm³/mol. The predicted octanol–water partition coefficient (Wildman–Crippen LogP) is 2.23. The Labute approximate surface area is 113 Å². The number of halogens is 4. The average molecular weight is 290 g/mol. The molecular formula is C13H14F4N2O. The van der Waals surface area contributed by atoms with Gasteiger partial charge in [0.2, 0.25) is 0 Å². The highest BCUT2D eigenvalue weighted by molar-refractivity contribution is 5.96. The van der Waals surface area contributed by atoms with Crippen molar-refractivity contribution in [2.75, 3.05) is 33.2 Å². The van der Waals surface area contributed by atoms with Crippen LogP contribution in [0.1, 0.15) is 15.9 Å². The van der Waals surface area contributed by atoms with E-state index in [1.807, 2.05) is 11.9 Å². The first-order valence-corrected chi connectivity index (χ1v) is 6.13. The quantitative estimate of drug-likeness (QED) is 0.741. The summed E-state index contributed by atoms with van der Waals surface area (Å²) in [4.78, 5) is 15.5. The third-order valence-electron chi connectivity index (χ3n) is 3.31. The first-order valence-electron chi connectivity index (χ1n) is 6.13. The van der Waals surface area contributed by atoms with Crippen LogP contribution in [0.3, 0.4) is 0 Å². The summed E-state index contributed by atoms with van der Waals surface area (Å²) >= 11 is 0. The third-order valence-corrected chi connectivity index (χ3v) is 3.31. The topological polar surface area (TPSA) is 23.6 Å². The average Bonchev–Trinajstić information content (AvgIpc) is 2.37. The fourth-order valence-corrected chi connectivity index (χ4v) is 2.12. The number of rotatable bonds is 1. The van der Waals surface area contributed by atoms with Crippen LogP contribution >= 0.6 is 0 Å². The molecule has 1 aromatic carbocycles. The van der Waals surface area contributed by atoms with Gasteiger partial charge in [0.15, 0.2) is 0 Å². The second-order valence-electron chi connectivity index (χ2n) is 4.78. The summed E-state index contributed by atoms with van der Waals surface area (Å²) in [6.07, 6.45) is -4.68. The SMILES string of the molecule is CN1CCN(C(=O)c2cc(F)ccc2C(F)(F)F)CC1. The molecule has 0 bridgehead atoms. The number of carbonyl (C=O) groups excluding carboxylic acids is 1. The molecule has 0 spiro atoms. The zero-order valence-corrected chi connectivity index (χ0v) is 10.9. The number of alkyl halides is 3. The molecule has 0 radical (unpaired) electrons. The number of hydrogen-bond donors (Lipinski definition) is 0. The van der Waals surface area contributed by atoms with Gasteiger partial charge in [-0.15, -0.1) is 0 Å². The van der Waals surface area contributed by atoms with Gasteiger partial charge >= 0.3 is 6.18 Å². The van der Waals surface area contributed by atoms with E-state index in [9.17, 15) is 22.4 Å². The molecule has 2 rings (SSSR count). The number of piperazine rings is 1. The lowest BCUT2D eigenvalue weighted by Gasteiger charge is -2.33. The highest BCUT2D eigenvalue weighted by Gasteiger charge is 2.36. The second-order valence-corrected chi connectivity index (χ2v) is 4.78. The summed E-state index contributed by atoms with van der Waals surface area (Å²) in [5.74, 6) is -1.62. The van der Waals surface area contributed by atoms with E-state index in [0.717, 1.165) is 0 Å². The summed E-state index contributed by atoms with van der Waals surface area (Å²) in [6, 6.07) is 1.98. The Hall–Kier alpha value is -1.63. The molecule has 0 unspecified atom stereocenters. The molecule has 20 heavy (non-hydrogen) atoms. The van der Waals surface area contributed by atoms with Gasteiger partial charge in [-0.25, -0.2) is 4.39 Å². The standard InChI is InChI=1S/C13H14F4N2O/c1-18-4-6-19(7-5-18)12(20)10-8-9(14)2-3-11(10)13(15,16)17/h2-3,8H,4-7H2,1H3. The van der Waals surface area contributed by atoms with Crippen molar-refractivity contribution in [2.24, 2.45) is 0 Å². The molecule has 1 heterocycles. The van der Waals surface area contributed by atoms with Crippen molar-refractivity contribution in [3.05, 3.63) is 35.1 Å². The molecule has 1 fully saturated rings. The monoisotopic (exact) mass is 290 g/mol. The van der Waals surface area contributed by atoms with Crippen molar-refractivity contribution in [1.29, 1.82) is 0 Å². The van der Waals surface area contributed by atoms with Crippen molar-refractivity contribution in [3.63, 3.8) is 0 Å². The van der Waals surface area contributed by atoms with Crippen LogP contribution in [0.15, 0.2) is 18.2 Å². The van der Waals surface area contributed by atoms with Crippen LogP contribution in [0.25, 0.3) is 0 Å². The van der Waals surface area contributed by atoms with Gasteiger partial charge in [0.1, 0.15) is 5.82 Å². The van der Waals surface area contributed by atoms with Crippen LogP contribution in [0.5, 0.6) is 0 Å². The Morgan fingerprint density at radius 1 is 1.15 bits per heavy atom. The molecule has 1 aromatic rings. The first-order chi connectivity index (χ1) is 9.29. The Morgan fingerprint density at radius 3 is 2.30 bits per heavy atom. The van der Waals surface area contributed by atoms with Crippen LogP contribution in [0.2, 0.25) is 0 Å². The van der Waals surface area contributed by atoms with Crippen LogP contribution < -0.4 is 0 Å². The Balaban J connectivity index is 2.31. The lowest BCUT2D eigenvalue weighted by atomic mass is 10.0. The van der Waals surface area contributed by atoms with E-state index in [-0.39, 0.29) is 0 Å². The van der Waals surface area contributed by atoms with Gasteiger partial charge in [-0.1, -0.05) is 0 Å². The van der Waals surface area contributed by atoms with Crippen molar-refractivity contribution in [2.45, 2.75) is 6.18 Å². The van der Waals surface area contributed by atoms with Gasteiger partial charge in [0, 0.05) is 26.2 Å². The maximum Gasteiger partial charge on any atom is 0.417 e. The number of carbonyl (C=O) groups is 1. The summed E-state index contributed by atoms with van der Waals surface area (Å²) in [5.41, 5.74) is -1.72.